The normalized spacial score (nSPS) is 10.9. The molecule has 0 radical (unpaired) electrons. The number of rotatable bonds is 5. The van der Waals surface area contributed by atoms with Gasteiger partial charge in [-0.2, -0.15) is 4.98 Å². The summed E-state index contributed by atoms with van der Waals surface area (Å²) >= 11 is 5.08. The molecule has 2 rings (SSSR count). The fourth-order valence-corrected chi connectivity index (χ4v) is 2.69. The van der Waals surface area contributed by atoms with Crippen LogP contribution in [0.1, 0.15) is 16.6 Å². The average Bonchev–Trinajstić information content (AvgIpc) is 2.88. The third-order valence-electron chi connectivity index (χ3n) is 2.19. The van der Waals surface area contributed by atoms with Crippen LogP contribution in [-0.4, -0.2) is 29.2 Å². The van der Waals surface area contributed by atoms with Crippen LogP contribution in [0.25, 0.3) is 0 Å². The quantitative estimate of drug-likeness (QED) is 0.903. The van der Waals surface area contributed by atoms with Crippen LogP contribution in [0.15, 0.2) is 8.31 Å². The van der Waals surface area contributed by atoms with Crippen LogP contribution in [0.2, 0.25) is 0 Å². The molecule has 0 saturated heterocycles. The van der Waals surface area contributed by atoms with E-state index < -0.39 is 0 Å². The molecular formula is C10H14BrN5OS. The molecule has 0 aliphatic heterocycles. The largest absolute Gasteiger partial charge is 0.344 e. The molecule has 0 saturated carbocycles. The van der Waals surface area contributed by atoms with Crippen molar-refractivity contribution in [3.05, 3.63) is 20.4 Å². The van der Waals surface area contributed by atoms with E-state index in [2.05, 4.69) is 36.4 Å². The van der Waals surface area contributed by atoms with Crippen molar-refractivity contribution in [2.75, 3.05) is 19.0 Å². The van der Waals surface area contributed by atoms with E-state index in [1.165, 1.54) is 0 Å². The predicted octanol–water partition coefficient (Wildman–Crippen LogP) is 1.95. The summed E-state index contributed by atoms with van der Waals surface area (Å²) in [6.07, 6.45) is 0. The smallest absolute Gasteiger partial charge is 0.265 e. The van der Waals surface area contributed by atoms with Gasteiger partial charge in [0.2, 0.25) is 5.89 Å². The highest BCUT2D eigenvalue weighted by molar-refractivity contribution is 9.11. The molecule has 0 aliphatic rings. The summed E-state index contributed by atoms with van der Waals surface area (Å²) in [4.78, 5) is 10.4. The Morgan fingerprint density at radius 1 is 1.33 bits per heavy atom. The van der Waals surface area contributed by atoms with Crippen LogP contribution in [0.3, 0.4) is 0 Å². The summed E-state index contributed by atoms with van der Waals surface area (Å²) in [6.45, 7) is 3.21. The molecule has 1 N–H and O–H groups in total. The molecular weight excluding hydrogens is 318 g/mol. The lowest BCUT2D eigenvalue weighted by Gasteiger charge is -2.02. The van der Waals surface area contributed by atoms with E-state index >= 15 is 0 Å². The summed E-state index contributed by atoms with van der Waals surface area (Å²) in [7, 11) is 3.75. The zero-order valence-corrected chi connectivity index (χ0v) is 12.8. The zero-order valence-electron chi connectivity index (χ0n) is 10.4. The molecule has 0 amide bonds. The summed E-state index contributed by atoms with van der Waals surface area (Å²) in [5.41, 5.74) is 1.02. The Labute approximate surface area is 118 Å². The second-order valence-corrected chi connectivity index (χ2v) is 6.35. The van der Waals surface area contributed by atoms with Gasteiger partial charge in [-0.3, -0.25) is 0 Å². The first kappa shape index (κ1) is 13.4. The maximum absolute atomic E-state index is 5.10. The Morgan fingerprint density at radius 3 is 2.67 bits per heavy atom. The second-order valence-electron chi connectivity index (χ2n) is 3.95. The minimum absolute atomic E-state index is 0.539. The Bertz CT molecular complexity index is 505. The molecule has 2 aromatic rings. The van der Waals surface area contributed by atoms with Crippen molar-refractivity contribution < 1.29 is 4.52 Å². The molecule has 0 bridgehead atoms. The lowest BCUT2D eigenvalue weighted by atomic mass is 10.5. The van der Waals surface area contributed by atoms with Crippen LogP contribution in [-0.2, 0) is 13.1 Å². The first-order valence-corrected chi connectivity index (χ1v) is 6.99. The maximum Gasteiger partial charge on any atom is 0.265 e. The van der Waals surface area contributed by atoms with Gasteiger partial charge in [-0.1, -0.05) is 0 Å². The van der Waals surface area contributed by atoms with Crippen LogP contribution in [0.4, 0.5) is 5.95 Å². The van der Waals surface area contributed by atoms with Gasteiger partial charge in [-0.15, -0.1) is 11.3 Å². The van der Waals surface area contributed by atoms with E-state index in [0.717, 1.165) is 14.5 Å². The van der Waals surface area contributed by atoms with Crippen molar-refractivity contribution >= 4 is 33.2 Å². The van der Waals surface area contributed by atoms with Crippen molar-refractivity contribution in [3.8, 4) is 0 Å². The lowest BCUT2D eigenvalue weighted by molar-refractivity contribution is 0.367. The average molecular weight is 332 g/mol. The molecule has 2 aromatic heterocycles. The van der Waals surface area contributed by atoms with Gasteiger partial charge < -0.3 is 14.7 Å². The number of nitrogens with zero attached hydrogens (tertiary/aromatic N) is 4. The Hall–Kier alpha value is -0.990. The molecule has 0 atom stereocenters. The van der Waals surface area contributed by atoms with E-state index in [1.54, 1.807) is 16.2 Å². The zero-order chi connectivity index (χ0) is 13.1. The Morgan fingerprint density at radius 2 is 2.11 bits per heavy atom. The van der Waals surface area contributed by atoms with Gasteiger partial charge in [-0.05, 0) is 28.0 Å². The van der Waals surface area contributed by atoms with Crippen LogP contribution in [0, 0.1) is 6.92 Å². The second kappa shape index (κ2) is 5.77. The molecule has 0 fully saturated rings. The molecule has 2 heterocycles. The van der Waals surface area contributed by atoms with Crippen molar-refractivity contribution in [2.45, 2.75) is 20.0 Å². The van der Waals surface area contributed by atoms with Crippen molar-refractivity contribution in [3.63, 3.8) is 0 Å². The Balaban J connectivity index is 1.84. The fourth-order valence-electron chi connectivity index (χ4n) is 1.28. The summed E-state index contributed by atoms with van der Waals surface area (Å²) in [6, 6.07) is 0. The number of thiazole rings is 1. The standard InChI is InChI=1S/C10H14BrN5OS/c1-6-9(11)18-8(13-6)5-12-4-7-14-10(15-17-7)16(2)3/h12H,4-5H2,1-3H3. The van der Waals surface area contributed by atoms with Gasteiger partial charge in [0.05, 0.1) is 16.0 Å². The number of hydrogen-bond acceptors (Lipinski definition) is 7. The molecule has 0 spiro atoms. The van der Waals surface area contributed by atoms with Crippen molar-refractivity contribution in [2.24, 2.45) is 0 Å². The van der Waals surface area contributed by atoms with Crippen LogP contribution in [0.5, 0.6) is 0 Å². The third-order valence-corrected chi connectivity index (χ3v) is 4.20. The number of anilines is 1. The fraction of sp³-hybridized carbons (Fsp3) is 0.500. The maximum atomic E-state index is 5.10. The number of aromatic nitrogens is 3. The SMILES string of the molecule is Cc1nc(CNCc2nc(N(C)C)no2)sc1Br. The van der Waals surface area contributed by atoms with Gasteiger partial charge in [-0.25, -0.2) is 4.98 Å². The van der Waals surface area contributed by atoms with E-state index in [1.807, 2.05) is 21.0 Å². The molecule has 18 heavy (non-hydrogen) atoms. The lowest BCUT2D eigenvalue weighted by Crippen LogP contribution is -2.13. The highest BCUT2D eigenvalue weighted by atomic mass is 79.9. The van der Waals surface area contributed by atoms with Gasteiger partial charge in [0.1, 0.15) is 5.01 Å². The first-order valence-electron chi connectivity index (χ1n) is 5.38. The van der Waals surface area contributed by atoms with E-state index in [4.69, 9.17) is 4.52 Å². The van der Waals surface area contributed by atoms with Gasteiger partial charge in [0, 0.05) is 20.6 Å². The van der Waals surface area contributed by atoms with Gasteiger partial charge >= 0.3 is 0 Å². The highest BCUT2D eigenvalue weighted by Crippen LogP contribution is 2.23. The summed E-state index contributed by atoms with van der Waals surface area (Å²) in [5, 5.41) is 8.10. The molecule has 6 nitrogen and oxygen atoms in total. The van der Waals surface area contributed by atoms with Crippen LogP contribution >= 0.6 is 27.3 Å². The number of halogens is 1. The van der Waals surface area contributed by atoms with E-state index in [-0.39, 0.29) is 0 Å². The monoisotopic (exact) mass is 331 g/mol. The molecule has 0 aliphatic carbocycles. The molecule has 98 valence electrons. The van der Waals surface area contributed by atoms with E-state index in [0.29, 0.717) is 24.9 Å². The minimum atomic E-state index is 0.539. The third kappa shape index (κ3) is 3.27. The van der Waals surface area contributed by atoms with Crippen molar-refractivity contribution in [1.82, 2.24) is 20.4 Å². The Kier molecular flexibility index (Phi) is 4.31. The highest BCUT2D eigenvalue weighted by Gasteiger charge is 2.08. The predicted molar refractivity (Wildman–Crippen MR) is 73.7 cm³/mol. The van der Waals surface area contributed by atoms with Crippen LogP contribution < -0.4 is 10.2 Å². The number of nitrogens with one attached hydrogen (secondary N) is 1. The minimum Gasteiger partial charge on any atom is -0.344 e. The van der Waals surface area contributed by atoms with E-state index in [9.17, 15) is 0 Å². The topological polar surface area (TPSA) is 67.1 Å². The molecule has 0 unspecified atom stereocenters. The first-order chi connectivity index (χ1) is 8.56. The summed E-state index contributed by atoms with van der Waals surface area (Å²) < 4.78 is 6.18. The number of hydrogen-bond donors (Lipinski definition) is 1. The van der Waals surface area contributed by atoms with Crippen molar-refractivity contribution in [1.29, 1.82) is 0 Å². The van der Waals surface area contributed by atoms with Gasteiger partial charge in [0.15, 0.2) is 0 Å². The molecule has 0 aromatic carbocycles. The summed E-state index contributed by atoms with van der Waals surface area (Å²) in [5.74, 6) is 1.16. The van der Waals surface area contributed by atoms with Gasteiger partial charge in [0.25, 0.3) is 5.95 Å². The number of aryl methyl sites for hydroxylation is 1. The molecule has 8 heteroatoms.